The van der Waals surface area contributed by atoms with Gasteiger partial charge in [-0.25, -0.2) is 0 Å². The van der Waals surface area contributed by atoms with Crippen molar-refractivity contribution in [1.29, 1.82) is 0 Å². The molecule has 0 bridgehead atoms. The van der Waals surface area contributed by atoms with Crippen molar-refractivity contribution in [1.82, 2.24) is 10.2 Å². The first kappa shape index (κ1) is 19.2. The molecule has 5 heteroatoms. The fraction of sp³-hybridized carbons (Fsp3) is 0.571. The van der Waals surface area contributed by atoms with Gasteiger partial charge in [0.25, 0.3) is 0 Å². The maximum absolute atomic E-state index is 12.5. The first-order valence-corrected chi connectivity index (χ1v) is 10.2. The smallest absolute Gasteiger partial charge is 0.237 e. The van der Waals surface area contributed by atoms with Gasteiger partial charge in [-0.3, -0.25) is 9.69 Å². The lowest BCUT2D eigenvalue weighted by Gasteiger charge is -2.38. The van der Waals surface area contributed by atoms with E-state index >= 15 is 0 Å². The van der Waals surface area contributed by atoms with Crippen LogP contribution >= 0.6 is 11.6 Å². The van der Waals surface area contributed by atoms with Gasteiger partial charge in [0.2, 0.25) is 5.91 Å². The normalized spacial score (nSPS) is 19.8. The Bertz CT molecular complexity index is 638. The molecule has 142 valence electrons. The monoisotopic (exact) mass is 375 g/mol. The van der Waals surface area contributed by atoms with Crippen LogP contribution in [0.3, 0.4) is 0 Å². The molecular formula is C21H30ClN3O. The van der Waals surface area contributed by atoms with Gasteiger partial charge < -0.3 is 10.2 Å². The van der Waals surface area contributed by atoms with Crippen LogP contribution in [0.4, 0.5) is 5.69 Å². The molecule has 0 saturated carbocycles. The van der Waals surface area contributed by atoms with Gasteiger partial charge in [0.15, 0.2) is 0 Å². The van der Waals surface area contributed by atoms with Crippen LogP contribution in [0.5, 0.6) is 0 Å². The largest absolute Gasteiger partial charge is 0.368 e. The van der Waals surface area contributed by atoms with Gasteiger partial charge in [-0.15, -0.1) is 0 Å². The Hall–Kier alpha value is -1.52. The molecule has 1 aromatic rings. The molecule has 1 amide bonds. The summed E-state index contributed by atoms with van der Waals surface area (Å²) in [5.41, 5.74) is 2.60. The second-order valence-corrected chi connectivity index (χ2v) is 7.71. The summed E-state index contributed by atoms with van der Waals surface area (Å²) in [5, 5.41) is 3.92. The van der Waals surface area contributed by atoms with E-state index in [2.05, 4.69) is 27.3 Å². The molecule has 1 N–H and O–H groups in total. The molecule has 2 aliphatic rings. The highest BCUT2D eigenvalue weighted by Crippen LogP contribution is 2.26. The number of benzene rings is 1. The zero-order valence-corrected chi connectivity index (χ0v) is 16.5. The summed E-state index contributed by atoms with van der Waals surface area (Å²) < 4.78 is 0. The third kappa shape index (κ3) is 5.01. The Morgan fingerprint density at radius 3 is 2.65 bits per heavy atom. The molecule has 1 heterocycles. The van der Waals surface area contributed by atoms with E-state index in [0.29, 0.717) is 0 Å². The van der Waals surface area contributed by atoms with Crippen molar-refractivity contribution in [3.05, 3.63) is 40.9 Å². The van der Waals surface area contributed by atoms with Crippen LogP contribution < -0.4 is 10.2 Å². The summed E-state index contributed by atoms with van der Waals surface area (Å²) in [6.07, 6.45) is 8.37. The minimum Gasteiger partial charge on any atom is -0.368 e. The number of piperazine rings is 1. The van der Waals surface area contributed by atoms with Gasteiger partial charge in [-0.2, -0.15) is 0 Å². The number of hydrogen-bond donors (Lipinski definition) is 1. The van der Waals surface area contributed by atoms with Crippen molar-refractivity contribution in [3.63, 3.8) is 0 Å². The van der Waals surface area contributed by atoms with E-state index in [1.54, 1.807) is 0 Å². The van der Waals surface area contributed by atoms with Crippen molar-refractivity contribution >= 4 is 23.2 Å². The average Bonchev–Trinajstić information content (AvgIpc) is 2.69. The standard InChI is InChI=1S/C21H30ClN3O/c1-17(21(26)23-12-11-18-7-3-2-4-8-18)24-13-15-25(16-14-24)20-10-6-5-9-19(20)22/h5-7,9-10,17H,2-4,8,11-16H2,1H3,(H,23,26)/t17-/m0/s1. The molecule has 1 aliphatic heterocycles. The van der Waals surface area contributed by atoms with E-state index in [0.717, 1.165) is 49.9 Å². The number of nitrogens with one attached hydrogen (secondary N) is 1. The highest BCUT2D eigenvalue weighted by Gasteiger charge is 2.26. The molecule has 1 atom stereocenters. The summed E-state index contributed by atoms with van der Waals surface area (Å²) in [7, 11) is 0. The number of anilines is 1. The second-order valence-electron chi connectivity index (χ2n) is 7.30. The zero-order valence-electron chi connectivity index (χ0n) is 15.7. The van der Waals surface area contributed by atoms with E-state index in [1.807, 2.05) is 25.1 Å². The molecule has 1 fully saturated rings. The van der Waals surface area contributed by atoms with Crippen LogP contribution in [0.25, 0.3) is 0 Å². The quantitative estimate of drug-likeness (QED) is 0.767. The molecule has 1 saturated heterocycles. The van der Waals surface area contributed by atoms with Crippen LogP contribution in [0.1, 0.15) is 39.0 Å². The first-order valence-electron chi connectivity index (χ1n) is 9.84. The Labute approximate surface area is 162 Å². The molecule has 1 aliphatic carbocycles. The van der Waals surface area contributed by atoms with Gasteiger partial charge >= 0.3 is 0 Å². The lowest BCUT2D eigenvalue weighted by Crippen LogP contribution is -2.54. The van der Waals surface area contributed by atoms with Gasteiger partial charge in [0.05, 0.1) is 16.8 Å². The van der Waals surface area contributed by atoms with E-state index < -0.39 is 0 Å². The summed E-state index contributed by atoms with van der Waals surface area (Å²) in [5.74, 6) is 0.146. The lowest BCUT2D eigenvalue weighted by atomic mass is 9.97. The number of rotatable bonds is 6. The molecule has 0 radical (unpaired) electrons. The average molecular weight is 376 g/mol. The Morgan fingerprint density at radius 2 is 1.96 bits per heavy atom. The molecule has 3 rings (SSSR count). The van der Waals surface area contributed by atoms with E-state index in [1.165, 1.54) is 31.3 Å². The number of hydrogen-bond acceptors (Lipinski definition) is 3. The van der Waals surface area contributed by atoms with Crippen molar-refractivity contribution in [3.8, 4) is 0 Å². The predicted molar refractivity (Wildman–Crippen MR) is 109 cm³/mol. The third-order valence-electron chi connectivity index (χ3n) is 5.56. The third-order valence-corrected chi connectivity index (χ3v) is 5.88. The zero-order chi connectivity index (χ0) is 18.4. The molecule has 0 unspecified atom stereocenters. The number of carbonyl (C=O) groups is 1. The number of halogens is 1. The highest BCUT2D eigenvalue weighted by atomic mass is 35.5. The summed E-state index contributed by atoms with van der Waals surface area (Å²) in [6, 6.07) is 7.89. The number of amides is 1. The van der Waals surface area contributed by atoms with Gasteiger partial charge in [-0.05, 0) is 51.2 Å². The van der Waals surface area contributed by atoms with Crippen LogP contribution in [0, 0.1) is 0 Å². The molecule has 0 aromatic heterocycles. The minimum absolute atomic E-state index is 0.0799. The maximum Gasteiger partial charge on any atom is 0.237 e. The minimum atomic E-state index is -0.0799. The molecule has 4 nitrogen and oxygen atoms in total. The summed E-state index contributed by atoms with van der Waals surface area (Å²) in [6.45, 7) is 6.33. The van der Waals surface area contributed by atoms with Gasteiger partial charge in [0.1, 0.15) is 0 Å². The Morgan fingerprint density at radius 1 is 1.19 bits per heavy atom. The number of carbonyl (C=O) groups excluding carboxylic acids is 1. The van der Waals surface area contributed by atoms with Crippen LogP contribution in [-0.2, 0) is 4.79 Å². The van der Waals surface area contributed by atoms with Gasteiger partial charge in [-0.1, -0.05) is 35.4 Å². The SMILES string of the molecule is C[C@@H](C(=O)NCCC1=CCCCC1)N1CCN(c2ccccc2Cl)CC1. The van der Waals surface area contributed by atoms with Crippen molar-refractivity contribution in [2.75, 3.05) is 37.6 Å². The fourth-order valence-corrected chi connectivity index (χ4v) is 4.11. The summed E-state index contributed by atoms with van der Waals surface area (Å²) >= 11 is 6.30. The second kappa shape index (κ2) is 9.43. The van der Waals surface area contributed by atoms with Crippen molar-refractivity contribution < 1.29 is 4.79 Å². The molecule has 1 aromatic carbocycles. The molecular weight excluding hydrogens is 346 g/mol. The lowest BCUT2D eigenvalue weighted by molar-refractivity contribution is -0.125. The molecule has 0 spiro atoms. The van der Waals surface area contributed by atoms with Crippen molar-refractivity contribution in [2.45, 2.75) is 45.1 Å². The van der Waals surface area contributed by atoms with Gasteiger partial charge in [0, 0.05) is 32.7 Å². The van der Waals surface area contributed by atoms with Crippen LogP contribution in [-0.4, -0.2) is 49.6 Å². The van der Waals surface area contributed by atoms with Crippen LogP contribution in [0.15, 0.2) is 35.9 Å². The first-order chi connectivity index (χ1) is 12.6. The summed E-state index contributed by atoms with van der Waals surface area (Å²) in [4.78, 5) is 17.1. The highest BCUT2D eigenvalue weighted by molar-refractivity contribution is 6.33. The van der Waals surface area contributed by atoms with E-state index in [9.17, 15) is 4.79 Å². The van der Waals surface area contributed by atoms with E-state index in [-0.39, 0.29) is 11.9 Å². The Kier molecular flexibility index (Phi) is 6.98. The number of nitrogens with zero attached hydrogens (tertiary/aromatic N) is 2. The maximum atomic E-state index is 12.5. The number of para-hydroxylation sites is 1. The fourth-order valence-electron chi connectivity index (χ4n) is 3.85. The van der Waals surface area contributed by atoms with Crippen LogP contribution in [0.2, 0.25) is 5.02 Å². The topological polar surface area (TPSA) is 35.6 Å². The number of allylic oxidation sites excluding steroid dienone is 1. The molecule has 26 heavy (non-hydrogen) atoms. The Balaban J connectivity index is 1.42. The van der Waals surface area contributed by atoms with E-state index in [4.69, 9.17) is 11.6 Å². The predicted octanol–water partition coefficient (Wildman–Crippen LogP) is 3.86. The van der Waals surface area contributed by atoms with Crippen molar-refractivity contribution in [2.24, 2.45) is 0 Å².